The maximum atomic E-state index is 12.1. The number of hydrogen-bond donors (Lipinski definition) is 1. The molecule has 0 unspecified atom stereocenters. The number of carbonyl (C=O) groups excluding carboxylic acids is 1. The Morgan fingerprint density at radius 3 is 2.57 bits per heavy atom. The molecule has 0 heterocycles. The standard InChI is InChI=1S/C18H27NO2/c1-2-3-12-18(13-8-5-9-14-18)19-17(20)21-15-16-10-6-4-7-11-16/h4,6-7,10-11H,2-3,5,8-9,12-15H2,1H3,(H,19,20). The normalized spacial score (nSPS) is 17.2. The SMILES string of the molecule is CCCCC1(NC(=O)OCc2ccccc2)CCCCC1. The first kappa shape index (κ1) is 15.9. The van der Waals surface area contributed by atoms with Gasteiger partial charge in [0.2, 0.25) is 0 Å². The van der Waals surface area contributed by atoms with Gasteiger partial charge in [0.15, 0.2) is 0 Å². The van der Waals surface area contributed by atoms with Gasteiger partial charge in [0.05, 0.1) is 0 Å². The Morgan fingerprint density at radius 1 is 1.19 bits per heavy atom. The van der Waals surface area contributed by atoms with Crippen molar-refractivity contribution in [3.63, 3.8) is 0 Å². The number of hydrogen-bond acceptors (Lipinski definition) is 2. The Labute approximate surface area is 128 Å². The van der Waals surface area contributed by atoms with Crippen molar-refractivity contribution >= 4 is 6.09 Å². The fourth-order valence-corrected chi connectivity index (χ4v) is 3.16. The van der Waals surface area contributed by atoms with E-state index in [9.17, 15) is 4.79 Å². The van der Waals surface area contributed by atoms with Gasteiger partial charge in [-0.1, -0.05) is 69.4 Å². The van der Waals surface area contributed by atoms with Crippen LogP contribution in [0.15, 0.2) is 30.3 Å². The molecule has 1 aliphatic rings. The molecule has 1 aromatic carbocycles. The number of unbranched alkanes of at least 4 members (excludes halogenated alkanes) is 1. The summed E-state index contributed by atoms with van der Waals surface area (Å²) < 4.78 is 5.39. The highest BCUT2D eigenvalue weighted by molar-refractivity contribution is 5.68. The van der Waals surface area contributed by atoms with Crippen LogP contribution in [0.4, 0.5) is 4.79 Å². The van der Waals surface area contributed by atoms with E-state index in [2.05, 4.69) is 12.2 Å². The van der Waals surface area contributed by atoms with Crippen LogP contribution in [0.25, 0.3) is 0 Å². The van der Waals surface area contributed by atoms with E-state index < -0.39 is 0 Å². The fourth-order valence-electron chi connectivity index (χ4n) is 3.16. The van der Waals surface area contributed by atoms with E-state index in [1.165, 1.54) is 32.1 Å². The molecule has 0 radical (unpaired) electrons. The highest BCUT2D eigenvalue weighted by atomic mass is 16.5. The largest absolute Gasteiger partial charge is 0.445 e. The van der Waals surface area contributed by atoms with Gasteiger partial charge < -0.3 is 10.1 Å². The van der Waals surface area contributed by atoms with Crippen molar-refractivity contribution in [1.82, 2.24) is 5.32 Å². The van der Waals surface area contributed by atoms with Crippen LogP contribution in [0.2, 0.25) is 0 Å². The zero-order valence-corrected chi connectivity index (χ0v) is 13.1. The van der Waals surface area contributed by atoms with Crippen LogP contribution >= 0.6 is 0 Å². The predicted molar refractivity (Wildman–Crippen MR) is 85.1 cm³/mol. The van der Waals surface area contributed by atoms with E-state index in [-0.39, 0.29) is 11.6 Å². The highest BCUT2D eigenvalue weighted by Gasteiger charge is 2.33. The van der Waals surface area contributed by atoms with Gasteiger partial charge in [0.25, 0.3) is 0 Å². The quantitative estimate of drug-likeness (QED) is 0.816. The number of alkyl carbamates (subject to hydrolysis) is 1. The molecule has 1 aromatic rings. The van der Waals surface area contributed by atoms with Gasteiger partial charge >= 0.3 is 6.09 Å². The molecule has 0 aromatic heterocycles. The molecule has 2 rings (SSSR count). The Bertz CT molecular complexity index is 424. The Balaban J connectivity index is 1.85. The van der Waals surface area contributed by atoms with E-state index in [4.69, 9.17) is 4.74 Å². The van der Waals surface area contributed by atoms with Gasteiger partial charge in [-0.15, -0.1) is 0 Å². The molecule has 0 aliphatic heterocycles. The molecule has 1 aliphatic carbocycles. The second kappa shape index (κ2) is 8.06. The first-order valence-electron chi connectivity index (χ1n) is 8.23. The van der Waals surface area contributed by atoms with Crippen LogP contribution in [0.3, 0.4) is 0 Å². The van der Waals surface area contributed by atoms with Crippen LogP contribution in [0.5, 0.6) is 0 Å². The van der Waals surface area contributed by atoms with Crippen LogP contribution in [0, 0.1) is 0 Å². The number of nitrogens with one attached hydrogen (secondary N) is 1. The summed E-state index contributed by atoms with van der Waals surface area (Å²) in [5.41, 5.74) is 1.00. The topological polar surface area (TPSA) is 38.3 Å². The molecule has 116 valence electrons. The molecule has 21 heavy (non-hydrogen) atoms. The number of amides is 1. The van der Waals surface area contributed by atoms with Gasteiger partial charge in [-0.3, -0.25) is 0 Å². The lowest BCUT2D eigenvalue weighted by molar-refractivity contribution is 0.114. The molecular formula is C18H27NO2. The molecule has 1 saturated carbocycles. The fraction of sp³-hybridized carbons (Fsp3) is 0.611. The van der Waals surface area contributed by atoms with Crippen molar-refractivity contribution in [2.45, 2.75) is 70.4 Å². The summed E-state index contributed by atoms with van der Waals surface area (Å²) in [4.78, 5) is 12.1. The van der Waals surface area contributed by atoms with E-state index in [1.54, 1.807) is 0 Å². The Hall–Kier alpha value is -1.51. The van der Waals surface area contributed by atoms with Crippen molar-refractivity contribution < 1.29 is 9.53 Å². The summed E-state index contributed by atoms with van der Waals surface area (Å²) >= 11 is 0. The molecule has 3 nitrogen and oxygen atoms in total. The summed E-state index contributed by atoms with van der Waals surface area (Å²) in [7, 11) is 0. The van der Waals surface area contributed by atoms with E-state index >= 15 is 0 Å². The zero-order chi connectivity index (χ0) is 15.0. The molecule has 0 spiro atoms. The van der Waals surface area contributed by atoms with E-state index in [1.807, 2.05) is 30.3 Å². The van der Waals surface area contributed by atoms with Gasteiger partial charge in [0.1, 0.15) is 6.61 Å². The third-order valence-corrected chi connectivity index (χ3v) is 4.40. The number of rotatable bonds is 6. The van der Waals surface area contributed by atoms with Crippen molar-refractivity contribution in [2.24, 2.45) is 0 Å². The van der Waals surface area contributed by atoms with Gasteiger partial charge in [-0.05, 0) is 24.8 Å². The zero-order valence-electron chi connectivity index (χ0n) is 13.1. The minimum atomic E-state index is -0.267. The lowest BCUT2D eigenvalue weighted by atomic mass is 9.78. The van der Waals surface area contributed by atoms with Gasteiger partial charge in [-0.25, -0.2) is 4.79 Å². The van der Waals surface area contributed by atoms with Gasteiger partial charge in [-0.2, -0.15) is 0 Å². The predicted octanol–water partition coefficient (Wildman–Crippen LogP) is 4.81. The highest BCUT2D eigenvalue weighted by Crippen LogP contribution is 2.32. The minimum absolute atomic E-state index is 0.0258. The summed E-state index contributed by atoms with van der Waals surface area (Å²) in [5, 5.41) is 3.18. The number of benzene rings is 1. The maximum Gasteiger partial charge on any atom is 0.407 e. The molecule has 1 amide bonds. The number of ether oxygens (including phenoxy) is 1. The number of carbonyl (C=O) groups is 1. The third kappa shape index (κ3) is 5.07. The third-order valence-electron chi connectivity index (χ3n) is 4.40. The summed E-state index contributed by atoms with van der Waals surface area (Å²) in [6, 6.07) is 9.83. The molecule has 1 N–H and O–H groups in total. The van der Waals surface area contributed by atoms with Crippen LogP contribution in [0.1, 0.15) is 63.9 Å². The maximum absolute atomic E-state index is 12.1. The van der Waals surface area contributed by atoms with E-state index in [0.29, 0.717) is 6.61 Å². The average molecular weight is 289 g/mol. The average Bonchev–Trinajstić information content (AvgIpc) is 2.53. The molecule has 0 atom stereocenters. The van der Waals surface area contributed by atoms with E-state index in [0.717, 1.165) is 24.8 Å². The van der Waals surface area contributed by atoms with Crippen molar-refractivity contribution in [1.29, 1.82) is 0 Å². The molecule has 0 saturated heterocycles. The summed E-state index contributed by atoms with van der Waals surface area (Å²) in [6.45, 7) is 2.54. The van der Waals surface area contributed by atoms with Crippen LogP contribution < -0.4 is 5.32 Å². The molecular weight excluding hydrogens is 262 g/mol. The second-order valence-electron chi connectivity index (χ2n) is 6.13. The molecule has 3 heteroatoms. The first-order chi connectivity index (χ1) is 10.2. The van der Waals surface area contributed by atoms with Gasteiger partial charge in [0, 0.05) is 5.54 Å². The first-order valence-corrected chi connectivity index (χ1v) is 8.23. The smallest absolute Gasteiger partial charge is 0.407 e. The summed E-state index contributed by atoms with van der Waals surface area (Å²) in [5.74, 6) is 0. The molecule has 1 fully saturated rings. The van der Waals surface area contributed by atoms with Crippen LogP contribution in [-0.2, 0) is 11.3 Å². The monoisotopic (exact) mass is 289 g/mol. The second-order valence-corrected chi connectivity index (χ2v) is 6.13. The summed E-state index contributed by atoms with van der Waals surface area (Å²) in [6.07, 6.45) is 9.03. The molecule has 0 bridgehead atoms. The van der Waals surface area contributed by atoms with Crippen molar-refractivity contribution in [3.8, 4) is 0 Å². The van der Waals surface area contributed by atoms with Crippen molar-refractivity contribution in [3.05, 3.63) is 35.9 Å². The lowest BCUT2D eigenvalue weighted by Gasteiger charge is -2.38. The Kier molecular flexibility index (Phi) is 6.09. The van der Waals surface area contributed by atoms with Crippen LogP contribution in [-0.4, -0.2) is 11.6 Å². The Morgan fingerprint density at radius 2 is 1.90 bits per heavy atom. The van der Waals surface area contributed by atoms with Crippen molar-refractivity contribution in [2.75, 3.05) is 0 Å². The lowest BCUT2D eigenvalue weighted by Crippen LogP contribution is -2.49. The minimum Gasteiger partial charge on any atom is -0.445 e.